The molecule has 1 aromatic carbocycles. The molecule has 186 valence electrons. The number of rotatable bonds is 5. The van der Waals surface area contributed by atoms with Gasteiger partial charge in [0.2, 0.25) is 0 Å². The molecule has 11 nitrogen and oxygen atoms in total. The van der Waals surface area contributed by atoms with Crippen LogP contribution >= 0.6 is 0 Å². The van der Waals surface area contributed by atoms with Crippen LogP contribution in [0.2, 0.25) is 0 Å². The summed E-state index contributed by atoms with van der Waals surface area (Å²) in [5.41, 5.74) is 3.23. The lowest BCUT2D eigenvalue weighted by Gasteiger charge is -2.35. The monoisotopic (exact) mass is 499 g/mol. The van der Waals surface area contributed by atoms with Gasteiger partial charge in [-0.15, -0.1) is 5.10 Å². The first-order chi connectivity index (χ1) is 18.0. The number of piperazine rings is 1. The van der Waals surface area contributed by atoms with Crippen molar-refractivity contribution in [3.05, 3.63) is 72.7 Å². The third-order valence-electron chi connectivity index (χ3n) is 6.60. The second kappa shape index (κ2) is 8.97. The number of aryl methyl sites for hydroxylation is 1. The van der Waals surface area contributed by atoms with E-state index in [0.717, 1.165) is 23.1 Å². The van der Waals surface area contributed by atoms with Gasteiger partial charge >= 0.3 is 0 Å². The van der Waals surface area contributed by atoms with Crippen LogP contribution in [0.5, 0.6) is 0 Å². The molecule has 0 unspecified atom stereocenters. The van der Waals surface area contributed by atoms with E-state index < -0.39 is 17.5 Å². The number of fused-ring (bicyclic) bond motifs is 1. The molecule has 0 atom stereocenters. The predicted molar refractivity (Wildman–Crippen MR) is 133 cm³/mol. The Bertz CT molecular complexity index is 1600. The molecule has 1 amide bonds. The molecular weight excluding hydrogens is 477 g/mol. The van der Waals surface area contributed by atoms with E-state index in [1.54, 1.807) is 6.20 Å². The average Bonchev–Trinajstić information content (AvgIpc) is 3.69. The van der Waals surface area contributed by atoms with Crippen molar-refractivity contribution in [2.75, 3.05) is 31.1 Å². The van der Waals surface area contributed by atoms with Crippen LogP contribution in [0.15, 0.2) is 61.3 Å². The van der Waals surface area contributed by atoms with Crippen molar-refractivity contribution >= 4 is 28.3 Å². The molecule has 1 fully saturated rings. The zero-order valence-electron chi connectivity index (χ0n) is 19.9. The van der Waals surface area contributed by atoms with Crippen LogP contribution < -0.4 is 4.90 Å². The molecule has 0 spiro atoms. The zero-order chi connectivity index (χ0) is 25.5. The topological polar surface area (TPSA) is 118 Å². The van der Waals surface area contributed by atoms with E-state index in [0.29, 0.717) is 26.2 Å². The second-order valence-corrected chi connectivity index (χ2v) is 8.71. The van der Waals surface area contributed by atoms with Gasteiger partial charge in [-0.2, -0.15) is 5.10 Å². The molecule has 0 bridgehead atoms. The van der Waals surface area contributed by atoms with E-state index in [-0.39, 0.29) is 22.3 Å². The number of hydrogen-bond donors (Lipinski definition) is 1. The van der Waals surface area contributed by atoms with Crippen LogP contribution in [-0.4, -0.2) is 77.5 Å². The van der Waals surface area contributed by atoms with Crippen molar-refractivity contribution in [2.45, 2.75) is 0 Å². The van der Waals surface area contributed by atoms with E-state index in [4.69, 9.17) is 0 Å². The summed E-state index contributed by atoms with van der Waals surface area (Å²) in [4.78, 5) is 37.0. The molecule has 4 aromatic heterocycles. The number of anilines is 1. The summed E-state index contributed by atoms with van der Waals surface area (Å²) in [6, 6.07) is 9.98. The number of ketones is 1. The number of halogens is 1. The highest BCUT2D eigenvalue weighted by Crippen LogP contribution is 2.31. The van der Waals surface area contributed by atoms with Crippen molar-refractivity contribution in [2.24, 2.45) is 7.05 Å². The summed E-state index contributed by atoms with van der Waals surface area (Å²) < 4.78 is 18.0. The smallest absolute Gasteiger partial charge is 0.295 e. The van der Waals surface area contributed by atoms with Crippen molar-refractivity contribution in [3.8, 4) is 17.1 Å². The van der Waals surface area contributed by atoms with Gasteiger partial charge in [0, 0.05) is 45.0 Å². The Morgan fingerprint density at radius 2 is 1.84 bits per heavy atom. The number of nitrogens with zero attached hydrogens (tertiary/aromatic N) is 8. The Hall–Kier alpha value is -4.87. The normalized spacial score (nSPS) is 13.9. The highest BCUT2D eigenvalue weighted by Gasteiger charge is 2.31. The lowest BCUT2D eigenvalue weighted by atomic mass is 10.1. The first-order valence-electron chi connectivity index (χ1n) is 11.7. The fraction of sp³-hybridized carbons (Fsp3) is 0.200. The Balaban J connectivity index is 1.21. The van der Waals surface area contributed by atoms with E-state index in [9.17, 15) is 14.0 Å². The van der Waals surface area contributed by atoms with Gasteiger partial charge in [0.05, 0.1) is 52.6 Å². The summed E-state index contributed by atoms with van der Waals surface area (Å²) in [6.07, 6.45) is 7.18. The number of amides is 1. The summed E-state index contributed by atoms with van der Waals surface area (Å²) in [5.74, 6) is -1.87. The maximum atomic E-state index is 14.8. The van der Waals surface area contributed by atoms with Gasteiger partial charge in [0.15, 0.2) is 11.6 Å². The van der Waals surface area contributed by atoms with Crippen molar-refractivity contribution < 1.29 is 14.0 Å². The summed E-state index contributed by atoms with van der Waals surface area (Å²) >= 11 is 0. The Kier molecular flexibility index (Phi) is 5.48. The zero-order valence-corrected chi connectivity index (χ0v) is 19.9. The van der Waals surface area contributed by atoms with Gasteiger partial charge < -0.3 is 14.8 Å². The van der Waals surface area contributed by atoms with Gasteiger partial charge in [-0.1, -0.05) is 35.5 Å². The van der Waals surface area contributed by atoms with Crippen LogP contribution in [0.4, 0.5) is 10.1 Å². The van der Waals surface area contributed by atoms with Crippen LogP contribution in [0, 0.1) is 5.82 Å². The summed E-state index contributed by atoms with van der Waals surface area (Å²) in [5, 5.41) is 12.1. The fourth-order valence-electron chi connectivity index (χ4n) is 4.77. The molecule has 6 rings (SSSR count). The van der Waals surface area contributed by atoms with E-state index >= 15 is 0 Å². The molecule has 1 saturated heterocycles. The number of aromatic nitrogens is 7. The quantitative estimate of drug-likeness (QED) is 0.291. The minimum absolute atomic E-state index is 0.000323. The van der Waals surface area contributed by atoms with E-state index in [2.05, 4.69) is 30.3 Å². The number of carbonyl (C=O) groups is 2. The van der Waals surface area contributed by atoms with Gasteiger partial charge in [-0.05, 0) is 0 Å². The van der Waals surface area contributed by atoms with Gasteiger partial charge in [0.1, 0.15) is 0 Å². The molecule has 5 aromatic rings. The third kappa shape index (κ3) is 3.82. The van der Waals surface area contributed by atoms with E-state index in [1.165, 1.54) is 22.0 Å². The standard InChI is InChI=1S/C25H22FN9O2/c1-32-22(16-5-3-2-4-6-16)19(15-30-32)33-9-11-34(12-10-33)25(37)23(36)17-13-27-21-20(17)18(26)14-28-24(21)35-8-7-29-31-35/h2-8,13-15,27H,9-12H2,1H3. The second-order valence-electron chi connectivity index (χ2n) is 8.71. The van der Waals surface area contributed by atoms with Gasteiger partial charge in [-0.3, -0.25) is 14.3 Å². The van der Waals surface area contributed by atoms with Crippen molar-refractivity contribution in [1.82, 2.24) is 39.6 Å². The molecule has 5 heterocycles. The highest BCUT2D eigenvalue weighted by molar-refractivity contribution is 6.45. The third-order valence-corrected chi connectivity index (χ3v) is 6.60. The first kappa shape index (κ1) is 22.6. The largest absolute Gasteiger partial charge is 0.365 e. The van der Waals surface area contributed by atoms with Crippen LogP contribution in [-0.2, 0) is 11.8 Å². The Morgan fingerprint density at radius 1 is 1.05 bits per heavy atom. The molecule has 37 heavy (non-hydrogen) atoms. The molecule has 1 aliphatic heterocycles. The minimum Gasteiger partial charge on any atom is -0.365 e. The van der Waals surface area contributed by atoms with Crippen LogP contribution in [0.25, 0.3) is 28.0 Å². The molecule has 1 aliphatic rings. The number of carbonyl (C=O) groups excluding carboxylic acids is 2. The number of H-pyrrole nitrogens is 1. The average molecular weight is 500 g/mol. The summed E-state index contributed by atoms with van der Waals surface area (Å²) in [7, 11) is 1.90. The number of nitrogens with one attached hydrogen (secondary N) is 1. The van der Waals surface area contributed by atoms with Crippen LogP contribution in [0.1, 0.15) is 10.4 Å². The lowest BCUT2D eigenvalue weighted by molar-refractivity contribution is -0.126. The summed E-state index contributed by atoms with van der Waals surface area (Å²) in [6.45, 7) is 1.77. The van der Waals surface area contributed by atoms with Gasteiger partial charge in [0.25, 0.3) is 11.7 Å². The molecule has 1 N–H and O–H groups in total. The van der Waals surface area contributed by atoms with Crippen molar-refractivity contribution in [3.63, 3.8) is 0 Å². The predicted octanol–water partition coefficient (Wildman–Crippen LogP) is 2.21. The number of pyridine rings is 1. The van der Waals surface area contributed by atoms with Crippen LogP contribution in [0.3, 0.4) is 0 Å². The van der Waals surface area contributed by atoms with Crippen molar-refractivity contribution in [1.29, 1.82) is 0 Å². The molecule has 0 saturated carbocycles. The van der Waals surface area contributed by atoms with Gasteiger partial charge in [-0.25, -0.2) is 14.1 Å². The Morgan fingerprint density at radius 3 is 2.57 bits per heavy atom. The highest BCUT2D eigenvalue weighted by atomic mass is 19.1. The maximum absolute atomic E-state index is 14.8. The SMILES string of the molecule is Cn1ncc(N2CCN(C(=O)C(=O)c3c[nH]c4c(-n5ccnn5)ncc(F)c34)CC2)c1-c1ccccc1. The van der Waals surface area contributed by atoms with E-state index in [1.807, 2.05) is 48.3 Å². The maximum Gasteiger partial charge on any atom is 0.295 e. The number of benzene rings is 1. The molecule has 0 aliphatic carbocycles. The molecule has 12 heteroatoms. The Labute approximate surface area is 210 Å². The number of hydrogen-bond acceptors (Lipinski definition) is 7. The minimum atomic E-state index is -0.777. The molecule has 0 radical (unpaired) electrons. The fourth-order valence-corrected chi connectivity index (χ4v) is 4.77. The first-order valence-corrected chi connectivity index (χ1v) is 11.7. The lowest BCUT2D eigenvalue weighted by Crippen LogP contribution is -2.50. The number of Topliss-reactive ketones (excluding diaryl/α,β-unsaturated/α-hetero) is 1. The molecular formula is C25H22FN9O2. The number of aromatic amines is 1.